The molecule has 10 heteroatoms. The summed E-state index contributed by atoms with van der Waals surface area (Å²) in [5.41, 5.74) is 1.01. The number of nitrogens with zero attached hydrogens (tertiary/aromatic N) is 6. The average molecular weight is 345 g/mol. The van der Waals surface area contributed by atoms with Gasteiger partial charge in [-0.15, -0.1) is 15.3 Å². The topological polar surface area (TPSA) is 108 Å². The van der Waals surface area contributed by atoms with E-state index >= 15 is 0 Å². The largest absolute Gasteiger partial charge is 0.377 e. The van der Waals surface area contributed by atoms with Crippen molar-refractivity contribution in [2.75, 3.05) is 12.4 Å². The Morgan fingerprint density at radius 3 is 2.88 bits per heavy atom. The number of rotatable bonds is 7. The van der Waals surface area contributed by atoms with E-state index in [9.17, 15) is 4.79 Å². The molecule has 1 N–H and O–H groups in total. The second-order valence-corrected chi connectivity index (χ2v) is 5.98. The second-order valence-electron chi connectivity index (χ2n) is 4.92. The van der Waals surface area contributed by atoms with Gasteiger partial charge >= 0.3 is 0 Å². The fraction of sp³-hybridized carbons (Fsp3) is 0.286. The number of carbonyl (C=O) groups excluding carboxylic acids is 1. The minimum atomic E-state index is -0.586. The van der Waals surface area contributed by atoms with Crippen molar-refractivity contribution in [1.82, 2.24) is 30.4 Å². The van der Waals surface area contributed by atoms with Gasteiger partial charge in [0.2, 0.25) is 5.13 Å². The molecule has 2 heterocycles. The van der Waals surface area contributed by atoms with Crippen LogP contribution in [0, 0.1) is 0 Å². The minimum Gasteiger partial charge on any atom is -0.377 e. The third kappa shape index (κ3) is 3.97. The normalized spacial score (nSPS) is 12.0. The maximum Gasteiger partial charge on any atom is 0.251 e. The van der Waals surface area contributed by atoms with Gasteiger partial charge in [-0.2, -0.15) is 0 Å². The highest BCUT2D eigenvalue weighted by atomic mass is 32.1. The number of ether oxygens (including phenoxy) is 1. The van der Waals surface area contributed by atoms with Gasteiger partial charge in [0.05, 0.1) is 0 Å². The lowest BCUT2D eigenvalue weighted by atomic mass is 10.1. The van der Waals surface area contributed by atoms with Gasteiger partial charge < -0.3 is 4.74 Å². The average Bonchev–Trinajstić information content (AvgIpc) is 3.26. The van der Waals surface area contributed by atoms with Crippen LogP contribution in [-0.4, -0.2) is 43.4 Å². The lowest BCUT2D eigenvalue weighted by Gasteiger charge is -2.15. The molecule has 0 radical (unpaired) electrons. The summed E-state index contributed by atoms with van der Waals surface area (Å²) >= 11 is 1.27. The van der Waals surface area contributed by atoms with Crippen molar-refractivity contribution in [1.29, 1.82) is 0 Å². The number of amides is 1. The van der Waals surface area contributed by atoms with E-state index in [2.05, 4.69) is 31.0 Å². The van der Waals surface area contributed by atoms with E-state index < -0.39 is 6.04 Å². The van der Waals surface area contributed by atoms with Crippen molar-refractivity contribution in [2.45, 2.75) is 19.1 Å². The summed E-state index contributed by atoms with van der Waals surface area (Å²) in [7, 11) is 1.58. The molecule has 0 fully saturated rings. The van der Waals surface area contributed by atoms with E-state index in [1.807, 2.05) is 30.3 Å². The van der Waals surface area contributed by atoms with Crippen LogP contribution in [0.3, 0.4) is 0 Å². The maximum atomic E-state index is 12.7. The molecular weight excluding hydrogens is 330 g/mol. The lowest BCUT2D eigenvalue weighted by Crippen LogP contribution is -2.28. The van der Waals surface area contributed by atoms with E-state index in [0.717, 1.165) is 5.56 Å². The first-order chi connectivity index (χ1) is 11.8. The van der Waals surface area contributed by atoms with Crippen molar-refractivity contribution >= 4 is 22.4 Å². The van der Waals surface area contributed by atoms with Gasteiger partial charge in [0.15, 0.2) is 0 Å². The predicted molar refractivity (Wildman–Crippen MR) is 86.3 cm³/mol. The van der Waals surface area contributed by atoms with Crippen LogP contribution in [0.4, 0.5) is 5.13 Å². The van der Waals surface area contributed by atoms with Crippen LogP contribution in [0.2, 0.25) is 0 Å². The molecule has 24 heavy (non-hydrogen) atoms. The van der Waals surface area contributed by atoms with Crippen molar-refractivity contribution in [3.05, 3.63) is 47.2 Å². The summed E-state index contributed by atoms with van der Waals surface area (Å²) in [5.74, 6) is -0.258. The highest BCUT2D eigenvalue weighted by Gasteiger charge is 2.23. The molecule has 0 saturated heterocycles. The van der Waals surface area contributed by atoms with Gasteiger partial charge in [-0.1, -0.05) is 41.7 Å². The predicted octanol–water partition coefficient (Wildman–Crippen LogP) is 1.09. The number of carbonyl (C=O) groups is 1. The van der Waals surface area contributed by atoms with Crippen LogP contribution in [0.25, 0.3) is 0 Å². The van der Waals surface area contributed by atoms with Gasteiger partial charge in [0.1, 0.15) is 24.0 Å². The van der Waals surface area contributed by atoms with Crippen molar-refractivity contribution in [3.8, 4) is 0 Å². The first-order valence-corrected chi connectivity index (χ1v) is 7.96. The summed E-state index contributed by atoms with van der Waals surface area (Å²) in [6.07, 6.45) is 1.88. The number of tetrazole rings is 1. The Morgan fingerprint density at radius 2 is 2.17 bits per heavy atom. The molecule has 0 saturated carbocycles. The number of aromatic nitrogens is 6. The Labute approximate surface area is 141 Å². The fourth-order valence-electron chi connectivity index (χ4n) is 2.13. The number of methoxy groups -OCH3 is 1. The minimum absolute atomic E-state index is 0.258. The Bertz CT molecular complexity index is 776. The molecule has 0 bridgehead atoms. The Morgan fingerprint density at radius 1 is 1.33 bits per heavy atom. The summed E-state index contributed by atoms with van der Waals surface area (Å²) in [6.45, 7) is 0.355. The van der Waals surface area contributed by atoms with Gasteiger partial charge in [-0.05, 0) is 16.0 Å². The molecule has 0 aliphatic heterocycles. The molecule has 3 aromatic rings. The molecule has 3 rings (SSSR count). The van der Waals surface area contributed by atoms with E-state index in [1.165, 1.54) is 22.3 Å². The summed E-state index contributed by atoms with van der Waals surface area (Å²) in [5, 5.41) is 22.8. The smallest absolute Gasteiger partial charge is 0.251 e. The summed E-state index contributed by atoms with van der Waals surface area (Å²) in [4.78, 5) is 12.7. The maximum absolute atomic E-state index is 12.7. The van der Waals surface area contributed by atoms with Crippen LogP contribution in [0.1, 0.15) is 16.6 Å². The number of anilines is 1. The highest BCUT2D eigenvalue weighted by Crippen LogP contribution is 2.19. The molecule has 0 spiro atoms. The van der Waals surface area contributed by atoms with E-state index in [0.29, 0.717) is 23.2 Å². The zero-order valence-corrected chi connectivity index (χ0v) is 13.7. The molecule has 124 valence electrons. The van der Waals surface area contributed by atoms with Crippen LogP contribution in [0.15, 0.2) is 36.7 Å². The van der Waals surface area contributed by atoms with Crippen molar-refractivity contribution < 1.29 is 9.53 Å². The number of nitrogens with one attached hydrogen (secondary N) is 1. The third-order valence-electron chi connectivity index (χ3n) is 3.22. The molecule has 2 aromatic heterocycles. The van der Waals surface area contributed by atoms with Crippen molar-refractivity contribution in [3.63, 3.8) is 0 Å². The number of hydrogen-bond donors (Lipinski definition) is 1. The zero-order chi connectivity index (χ0) is 16.8. The van der Waals surface area contributed by atoms with E-state index in [-0.39, 0.29) is 5.91 Å². The molecule has 1 aromatic carbocycles. The van der Waals surface area contributed by atoms with Gasteiger partial charge in [-0.3, -0.25) is 10.1 Å². The number of hydrogen-bond acceptors (Lipinski definition) is 8. The lowest BCUT2D eigenvalue weighted by molar-refractivity contribution is -0.119. The van der Waals surface area contributed by atoms with Crippen LogP contribution >= 0.6 is 11.3 Å². The van der Waals surface area contributed by atoms with Gasteiger partial charge in [0, 0.05) is 13.5 Å². The third-order valence-corrected chi connectivity index (χ3v) is 4.04. The Hall–Kier alpha value is -2.72. The number of benzene rings is 1. The van der Waals surface area contributed by atoms with Crippen LogP contribution < -0.4 is 5.32 Å². The summed E-state index contributed by atoms with van der Waals surface area (Å²) < 4.78 is 6.43. The highest BCUT2D eigenvalue weighted by molar-refractivity contribution is 7.15. The Kier molecular flexibility index (Phi) is 5.18. The van der Waals surface area contributed by atoms with Crippen LogP contribution in [0.5, 0.6) is 0 Å². The van der Waals surface area contributed by atoms with Gasteiger partial charge in [0.25, 0.3) is 5.91 Å². The van der Waals surface area contributed by atoms with Crippen molar-refractivity contribution in [2.24, 2.45) is 0 Å². The monoisotopic (exact) mass is 345 g/mol. The second kappa shape index (κ2) is 7.70. The van der Waals surface area contributed by atoms with E-state index in [1.54, 1.807) is 7.11 Å². The molecule has 0 aliphatic carbocycles. The molecule has 1 atom stereocenters. The molecular formula is C14H15N7O2S. The first kappa shape index (κ1) is 16.1. The fourth-order valence-corrected chi connectivity index (χ4v) is 2.84. The molecule has 9 nitrogen and oxygen atoms in total. The molecule has 0 aliphatic rings. The SMILES string of the molecule is COCc1nnc(NC(=O)[C@H](Cc2ccccc2)n2cnnn2)s1. The molecule has 1 amide bonds. The quantitative estimate of drug-likeness (QED) is 0.683. The molecule has 0 unspecified atom stereocenters. The standard InChI is InChI=1S/C14H15N7O2S/c1-23-8-12-17-18-14(24-12)16-13(22)11(21-9-15-19-20-21)7-10-5-3-2-4-6-10/h2-6,9,11H,7-8H2,1H3,(H,16,18,22)/t11-/m0/s1. The zero-order valence-electron chi connectivity index (χ0n) is 12.9. The first-order valence-electron chi connectivity index (χ1n) is 7.15. The Balaban J connectivity index is 1.75. The van der Waals surface area contributed by atoms with Crippen LogP contribution in [-0.2, 0) is 22.6 Å². The summed E-state index contributed by atoms with van der Waals surface area (Å²) in [6, 6.07) is 9.08. The van der Waals surface area contributed by atoms with Gasteiger partial charge in [-0.25, -0.2) is 4.68 Å². The van der Waals surface area contributed by atoms with E-state index in [4.69, 9.17) is 4.74 Å².